The van der Waals surface area contributed by atoms with Crippen LogP contribution >= 0.6 is 0 Å². The fourth-order valence-corrected chi connectivity index (χ4v) is 2.63. The number of hydrogen-bond donors (Lipinski definition) is 2. The fourth-order valence-electron chi connectivity index (χ4n) is 2.63. The number of hydrogen-bond acceptors (Lipinski definition) is 7. The first-order valence-corrected chi connectivity index (χ1v) is 7.29. The highest BCUT2D eigenvalue weighted by atomic mass is 16.5. The molecule has 0 radical (unpaired) electrons. The molecule has 1 aromatic heterocycles. The third-order valence-corrected chi connectivity index (χ3v) is 3.81. The van der Waals surface area contributed by atoms with E-state index < -0.39 is 5.63 Å². The quantitative estimate of drug-likeness (QED) is 0.702. The summed E-state index contributed by atoms with van der Waals surface area (Å²) in [6, 6.07) is 7.44. The van der Waals surface area contributed by atoms with Gasteiger partial charge in [0.15, 0.2) is 11.5 Å². The first kappa shape index (κ1) is 16.5. The zero-order valence-electron chi connectivity index (χ0n) is 13.8. The van der Waals surface area contributed by atoms with Crippen LogP contribution in [0.5, 0.6) is 28.7 Å². The van der Waals surface area contributed by atoms with Crippen LogP contribution in [0.2, 0.25) is 0 Å². The Kier molecular flexibility index (Phi) is 4.14. The minimum atomic E-state index is -0.678. The van der Waals surface area contributed by atoms with E-state index in [4.69, 9.17) is 18.6 Å². The lowest BCUT2D eigenvalue weighted by atomic mass is 10.0. The topological polar surface area (TPSA) is 98.4 Å². The second-order valence-electron chi connectivity index (χ2n) is 5.21. The minimum absolute atomic E-state index is 0.0148. The summed E-state index contributed by atoms with van der Waals surface area (Å²) in [6.07, 6.45) is 0. The van der Waals surface area contributed by atoms with Crippen LogP contribution in [0, 0.1) is 0 Å². The monoisotopic (exact) mass is 344 g/mol. The van der Waals surface area contributed by atoms with Gasteiger partial charge in [0.05, 0.1) is 26.9 Å². The molecule has 1 heterocycles. The van der Waals surface area contributed by atoms with E-state index in [1.54, 1.807) is 12.1 Å². The predicted molar refractivity (Wildman–Crippen MR) is 90.9 cm³/mol. The predicted octanol–water partition coefficient (Wildman–Crippen LogP) is 2.90. The molecule has 25 heavy (non-hydrogen) atoms. The lowest BCUT2D eigenvalue weighted by molar-refractivity contribution is 0.311. The molecule has 7 nitrogen and oxygen atoms in total. The van der Waals surface area contributed by atoms with Crippen LogP contribution < -0.4 is 19.8 Å². The lowest BCUT2D eigenvalue weighted by Crippen LogP contribution is -2.04. The van der Waals surface area contributed by atoms with E-state index in [2.05, 4.69) is 0 Å². The van der Waals surface area contributed by atoms with Gasteiger partial charge in [0.2, 0.25) is 11.5 Å². The molecule has 0 aliphatic heterocycles. The van der Waals surface area contributed by atoms with Crippen LogP contribution in [-0.4, -0.2) is 31.5 Å². The molecule has 0 saturated heterocycles. The number of aromatic hydroxyl groups is 2. The molecule has 3 aromatic rings. The molecular weight excluding hydrogens is 328 g/mol. The van der Waals surface area contributed by atoms with Crippen molar-refractivity contribution in [2.24, 2.45) is 0 Å². The van der Waals surface area contributed by atoms with E-state index in [0.717, 1.165) is 0 Å². The highest BCUT2D eigenvalue weighted by Crippen LogP contribution is 2.49. The summed E-state index contributed by atoms with van der Waals surface area (Å²) in [5.74, 6) is 0.255. The Bertz CT molecular complexity index is 1000. The Labute approximate surface area is 142 Å². The zero-order valence-corrected chi connectivity index (χ0v) is 13.8. The molecule has 0 amide bonds. The number of rotatable bonds is 4. The van der Waals surface area contributed by atoms with Crippen LogP contribution in [0.4, 0.5) is 0 Å². The molecule has 7 heteroatoms. The van der Waals surface area contributed by atoms with Gasteiger partial charge >= 0.3 is 5.63 Å². The smallest absolute Gasteiger partial charge is 0.344 e. The van der Waals surface area contributed by atoms with E-state index in [1.807, 2.05) is 0 Å². The molecule has 2 N–H and O–H groups in total. The van der Waals surface area contributed by atoms with Gasteiger partial charge < -0.3 is 28.8 Å². The number of phenolic OH excluding ortho intramolecular Hbond substituents is 2. The maximum Gasteiger partial charge on any atom is 0.344 e. The van der Waals surface area contributed by atoms with Crippen LogP contribution in [-0.2, 0) is 0 Å². The molecular formula is C18H16O7. The van der Waals surface area contributed by atoms with Crippen molar-refractivity contribution in [2.75, 3.05) is 21.3 Å². The maximum atomic E-state index is 12.4. The van der Waals surface area contributed by atoms with Gasteiger partial charge in [-0.25, -0.2) is 4.79 Å². The van der Waals surface area contributed by atoms with Gasteiger partial charge in [0.1, 0.15) is 11.3 Å². The molecule has 0 aliphatic rings. The standard InChI is InChI=1S/C18H16O7/c1-22-14-8-11(15(20)17(24-3)16(14)23-2)12-6-9-4-5-10(19)7-13(9)25-18(12)21/h4-8,19-20H,1-3H3. The van der Waals surface area contributed by atoms with Crippen LogP contribution in [0.1, 0.15) is 0 Å². The summed E-state index contributed by atoms with van der Waals surface area (Å²) in [6.45, 7) is 0. The SMILES string of the molecule is COc1cc(-c2cc3ccc(O)cc3oc2=O)c(O)c(OC)c1OC. The Morgan fingerprint density at radius 2 is 1.60 bits per heavy atom. The van der Waals surface area contributed by atoms with Gasteiger partial charge in [0.25, 0.3) is 0 Å². The summed E-state index contributed by atoms with van der Waals surface area (Å²) in [4.78, 5) is 12.4. The Morgan fingerprint density at radius 1 is 0.880 bits per heavy atom. The Morgan fingerprint density at radius 3 is 2.24 bits per heavy atom. The van der Waals surface area contributed by atoms with Gasteiger partial charge in [-0.3, -0.25) is 0 Å². The summed E-state index contributed by atoms with van der Waals surface area (Å²) < 4.78 is 20.9. The minimum Gasteiger partial charge on any atom is -0.508 e. The van der Waals surface area contributed by atoms with E-state index in [0.29, 0.717) is 5.39 Å². The van der Waals surface area contributed by atoms with Gasteiger partial charge in [-0.05, 0) is 24.3 Å². The van der Waals surface area contributed by atoms with Crippen molar-refractivity contribution in [1.82, 2.24) is 0 Å². The maximum absolute atomic E-state index is 12.4. The average Bonchev–Trinajstić information content (AvgIpc) is 2.60. The number of ether oxygens (including phenoxy) is 3. The summed E-state index contributed by atoms with van der Waals surface area (Å²) >= 11 is 0. The van der Waals surface area contributed by atoms with Gasteiger partial charge in [-0.2, -0.15) is 0 Å². The lowest BCUT2D eigenvalue weighted by Gasteiger charge is -2.16. The van der Waals surface area contributed by atoms with Gasteiger partial charge in [-0.15, -0.1) is 0 Å². The summed E-state index contributed by atoms with van der Waals surface area (Å²) in [7, 11) is 4.21. The van der Waals surface area contributed by atoms with Crippen molar-refractivity contribution in [2.45, 2.75) is 0 Å². The van der Waals surface area contributed by atoms with Crippen LogP contribution in [0.15, 0.2) is 39.5 Å². The van der Waals surface area contributed by atoms with Crippen molar-refractivity contribution in [3.8, 4) is 39.9 Å². The van der Waals surface area contributed by atoms with E-state index in [9.17, 15) is 15.0 Å². The molecule has 0 aliphatic carbocycles. The second-order valence-corrected chi connectivity index (χ2v) is 5.21. The highest BCUT2D eigenvalue weighted by molar-refractivity contribution is 5.86. The van der Waals surface area contributed by atoms with Crippen molar-refractivity contribution >= 4 is 11.0 Å². The molecule has 0 unspecified atom stereocenters. The largest absolute Gasteiger partial charge is 0.508 e. The molecule has 2 aromatic carbocycles. The summed E-state index contributed by atoms with van der Waals surface area (Å²) in [5.41, 5.74) is -0.142. The van der Waals surface area contributed by atoms with Crippen molar-refractivity contribution < 1.29 is 28.8 Å². The zero-order chi connectivity index (χ0) is 18.1. The van der Waals surface area contributed by atoms with Gasteiger partial charge in [0, 0.05) is 17.0 Å². The van der Waals surface area contributed by atoms with E-state index in [-0.39, 0.29) is 45.5 Å². The first-order chi connectivity index (χ1) is 12.0. The number of phenols is 2. The molecule has 0 fully saturated rings. The number of fused-ring (bicyclic) bond motifs is 1. The number of benzene rings is 2. The molecule has 0 saturated carbocycles. The van der Waals surface area contributed by atoms with Crippen LogP contribution in [0.3, 0.4) is 0 Å². The molecule has 0 bridgehead atoms. The van der Waals surface area contributed by atoms with Crippen molar-refractivity contribution in [3.05, 3.63) is 40.8 Å². The normalized spacial score (nSPS) is 10.7. The third kappa shape index (κ3) is 2.69. The average molecular weight is 344 g/mol. The van der Waals surface area contributed by atoms with E-state index in [1.165, 1.54) is 39.5 Å². The molecule has 0 atom stereocenters. The van der Waals surface area contributed by atoms with E-state index >= 15 is 0 Å². The second kappa shape index (κ2) is 6.27. The summed E-state index contributed by atoms with van der Waals surface area (Å²) in [5, 5.41) is 20.6. The van der Waals surface area contributed by atoms with Crippen molar-refractivity contribution in [1.29, 1.82) is 0 Å². The number of methoxy groups -OCH3 is 3. The fraction of sp³-hybridized carbons (Fsp3) is 0.167. The molecule has 0 spiro atoms. The highest BCUT2D eigenvalue weighted by Gasteiger charge is 2.23. The Hall–Kier alpha value is -3.35. The van der Waals surface area contributed by atoms with Crippen LogP contribution in [0.25, 0.3) is 22.1 Å². The third-order valence-electron chi connectivity index (χ3n) is 3.81. The Balaban J connectivity index is 2.32. The molecule has 3 rings (SSSR count). The molecule has 130 valence electrons. The van der Waals surface area contributed by atoms with Crippen molar-refractivity contribution in [3.63, 3.8) is 0 Å². The van der Waals surface area contributed by atoms with Gasteiger partial charge in [-0.1, -0.05) is 0 Å². The first-order valence-electron chi connectivity index (χ1n) is 7.29.